The fourth-order valence-electron chi connectivity index (χ4n) is 1.76. The number of esters is 1. The van der Waals surface area contributed by atoms with Crippen LogP contribution >= 0.6 is 0 Å². The standard InChI is InChI=1S/C14H20N2O5/c1-14(2,3)21-13(19)15-9(8-17)10-6-7-11(16(10)4)12(18)20-5/h6-9H,1-5H3,(H,15,19). The number of alkyl carbamates (subject to hydrolysis) is 1. The van der Waals surface area contributed by atoms with E-state index < -0.39 is 23.7 Å². The van der Waals surface area contributed by atoms with Gasteiger partial charge < -0.3 is 24.2 Å². The predicted octanol–water partition coefficient (Wildman–Crippen LogP) is 1.58. The van der Waals surface area contributed by atoms with Crippen molar-refractivity contribution in [3.05, 3.63) is 23.5 Å². The van der Waals surface area contributed by atoms with Crippen LogP contribution in [0.4, 0.5) is 4.79 Å². The first-order chi connectivity index (χ1) is 9.69. The van der Waals surface area contributed by atoms with E-state index in [9.17, 15) is 14.4 Å². The molecule has 0 aliphatic rings. The monoisotopic (exact) mass is 296 g/mol. The van der Waals surface area contributed by atoms with Crippen molar-refractivity contribution in [2.24, 2.45) is 7.05 Å². The number of ether oxygens (including phenoxy) is 2. The van der Waals surface area contributed by atoms with Crippen molar-refractivity contribution in [2.75, 3.05) is 7.11 Å². The lowest BCUT2D eigenvalue weighted by Gasteiger charge is -2.21. The Labute approximate surface area is 123 Å². The van der Waals surface area contributed by atoms with E-state index in [0.717, 1.165) is 0 Å². The molecule has 7 nitrogen and oxygen atoms in total. The molecule has 1 amide bonds. The fraction of sp³-hybridized carbons (Fsp3) is 0.500. The molecule has 1 atom stereocenters. The Morgan fingerprint density at radius 2 is 1.95 bits per heavy atom. The molecule has 0 spiro atoms. The summed E-state index contributed by atoms with van der Waals surface area (Å²) in [7, 11) is 2.88. The lowest BCUT2D eigenvalue weighted by molar-refractivity contribution is -0.109. The molecule has 1 unspecified atom stereocenters. The fourth-order valence-corrected chi connectivity index (χ4v) is 1.76. The number of aldehydes is 1. The van der Waals surface area contributed by atoms with Crippen LogP contribution in [0.3, 0.4) is 0 Å². The molecule has 0 saturated carbocycles. The Balaban J connectivity index is 2.91. The minimum atomic E-state index is -0.914. The van der Waals surface area contributed by atoms with E-state index in [1.54, 1.807) is 33.9 Å². The third-order valence-electron chi connectivity index (χ3n) is 2.68. The molecule has 0 aliphatic carbocycles. The zero-order valence-electron chi connectivity index (χ0n) is 12.8. The van der Waals surface area contributed by atoms with E-state index in [4.69, 9.17) is 4.74 Å². The SMILES string of the molecule is COC(=O)c1ccc(C(C=O)NC(=O)OC(C)(C)C)n1C. The highest BCUT2D eigenvalue weighted by Crippen LogP contribution is 2.16. The molecule has 1 heterocycles. The Morgan fingerprint density at radius 3 is 2.43 bits per heavy atom. The maximum Gasteiger partial charge on any atom is 0.408 e. The first kappa shape index (κ1) is 16.7. The molecule has 0 aliphatic heterocycles. The van der Waals surface area contributed by atoms with E-state index in [-0.39, 0.29) is 5.69 Å². The summed E-state index contributed by atoms with van der Waals surface area (Å²) in [6, 6.07) is 2.18. The molecule has 1 rings (SSSR count). The van der Waals surface area contributed by atoms with Crippen LogP contribution in [0, 0.1) is 0 Å². The number of hydrogen-bond acceptors (Lipinski definition) is 5. The number of methoxy groups -OCH3 is 1. The van der Waals surface area contributed by atoms with Crippen LogP contribution in [-0.2, 0) is 21.3 Å². The summed E-state index contributed by atoms with van der Waals surface area (Å²) >= 11 is 0. The number of carbonyl (C=O) groups excluding carboxylic acids is 3. The normalized spacial score (nSPS) is 12.4. The predicted molar refractivity (Wildman–Crippen MR) is 74.9 cm³/mol. The van der Waals surface area contributed by atoms with Crippen molar-refractivity contribution in [3.8, 4) is 0 Å². The molecule has 1 aromatic heterocycles. The maximum atomic E-state index is 11.7. The summed E-state index contributed by atoms with van der Waals surface area (Å²) in [5.41, 5.74) is 0.0738. The minimum Gasteiger partial charge on any atom is -0.464 e. The van der Waals surface area contributed by atoms with Gasteiger partial charge in [-0.25, -0.2) is 9.59 Å². The van der Waals surface area contributed by atoms with Crippen LogP contribution in [0.15, 0.2) is 12.1 Å². The summed E-state index contributed by atoms with van der Waals surface area (Å²) in [6.07, 6.45) is -0.138. The highest BCUT2D eigenvalue weighted by atomic mass is 16.6. The molecular formula is C14H20N2O5. The van der Waals surface area contributed by atoms with Gasteiger partial charge in [0.15, 0.2) is 0 Å². The van der Waals surface area contributed by atoms with Gasteiger partial charge in [-0.15, -0.1) is 0 Å². The van der Waals surface area contributed by atoms with Gasteiger partial charge in [-0.1, -0.05) is 0 Å². The molecule has 0 fully saturated rings. The summed E-state index contributed by atoms with van der Waals surface area (Å²) in [4.78, 5) is 34.4. The van der Waals surface area contributed by atoms with Crippen LogP contribution in [0.5, 0.6) is 0 Å². The van der Waals surface area contributed by atoms with E-state index in [2.05, 4.69) is 10.1 Å². The molecule has 0 saturated heterocycles. The van der Waals surface area contributed by atoms with Crippen molar-refractivity contribution in [3.63, 3.8) is 0 Å². The maximum absolute atomic E-state index is 11.7. The van der Waals surface area contributed by atoms with Crippen LogP contribution < -0.4 is 5.32 Å². The largest absolute Gasteiger partial charge is 0.464 e. The topological polar surface area (TPSA) is 86.6 Å². The van der Waals surface area contributed by atoms with Gasteiger partial charge >= 0.3 is 12.1 Å². The zero-order valence-corrected chi connectivity index (χ0v) is 12.8. The molecule has 1 aromatic rings. The number of aromatic nitrogens is 1. The average molecular weight is 296 g/mol. The quantitative estimate of drug-likeness (QED) is 0.673. The summed E-state index contributed by atoms with van der Waals surface area (Å²) in [5.74, 6) is -0.523. The third kappa shape index (κ3) is 4.34. The summed E-state index contributed by atoms with van der Waals surface area (Å²) in [5, 5.41) is 2.45. The van der Waals surface area contributed by atoms with Gasteiger partial charge in [0.2, 0.25) is 0 Å². The third-order valence-corrected chi connectivity index (χ3v) is 2.68. The van der Waals surface area contributed by atoms with Gasteiger partial charge in [0, 0.05) is 12.7 Å². The molecule has 0 bridgehead atoms. The molecule has 1 N–H and O–H groups in total. The van der Waals surface area contributed by atoms with Gasteiger partial charge in [-0.05, 0) is 32.9 Å². The first-order valence-corrected chi connectivity index (χ1v) is 6.38. The Kier molecular flexibility index (Phi) is 5.12. The molecule has 116 valence electrons. The van der Waals surface area contributed by atoms with Gasteiger partial charge in [0.1, 0.15) is 23.6 Å². The molecule has 0 aromatic carbocycles. The number of rotatable bonds is 4. The van der Waals surface area contributed by atoms with Crippen molar-refractivity contribution in [1.82, 2.24) is 9.88 Å². The smallest absolute Gasteiger partial charge is 0.408 e. The number of nitrogens with one attached hydrogen (secondary N) is 1. The second kappa shape index (κ2) is 6.43. The van der Waals surface area contributed by atoms with Gasteiger partial charge in [-0.3, -0.25) is 0 Å². The lowest BCUT2D eigenvalue weighted by Crippen LogP contribution is -2.36. The van der Waals surface area contributed by atoms with E-state index >= 15 is 0 Å². The van der Waals surface area contributed by atoms with Crippen LogP contribution in [0.1, 0.15) is 43.0 Å². The van der Waals surface area contributed by atoms with E-state index in [1.807, 2.05) is 0 Å². The van der Waals surface area contributed by atoms with Crippen LogP contribution in [-0.4, -0.2) is 35.6 Å². The summed E-state index contributed by atoms with van der Waals surface area (Å²) in [6.45, 7) is 5.17. The Morgan fingerprint density at radius 1 is 1.33 bits per heavy atom. The highest BCUT2D eigenvalue weighted by Gasteiger charge is 2.23. The number of carbonyl (C=O) groups is 3. The lowest BCUT2D eigenvalue weighted by atomic mass is 10.2. The van der Waals surface area contributed by atoms with Gasteiger partial charge in [0.05, 0.1) is 7.11 Å². The molecule has 0 radical (unpaired) electrons. The van der Waals surface area contributed by atoms with Gasteiger partial charge in [0.25, 0.3) is 0 Å². The highest BCUT2D eigenvalue weighted by molar-refractivity contribution is 5.88. The van der Waals surface area contributed by atoms with Crippen molar-refractivity contribution in [2.45, 2.75) is 32.4 Å². The van der Waals surface area contributed by atoms with E-state index in [1.165, 1.54) is 17.7 Å². The molecule has 21 heavy (non-hydrogen) atoms. The minimum absolute atomic E-state index is 0.283. The van der Waals surface area contributed by atoms with Crippen molar-refractivity contribution >= 4 is 18.3 Å². The average Bonchev–Trinajstić information content (AvgIpc) is 2.75. The number of amides is 1. The van der Waals surface area contributed by atoms with Crippen molar-refractivity contribution < 1.29 is 23.9 Å². The van der Waals surface area contributed by atoms with Crippen LogP contribution in [0.25, 0.3) is 0 Å². The zero-order chi connectivity index (χ0) is 16.2. The van der Waals surface area contributed by atoms with Gasteiger partial charge in [-0.2, -0.15) is 0 Å². The molecular weight excluding hydrogens is 276 g/mol. The Bertz CT molecular complexity index is 542. The second-order valence-corrected chi connectivity index (χ2v) is 5.45. The second-order valence-electron chi connectivity index (χ2n) is 5.45. The number of nitrogens with zero attached hydrogens (tertiary/aromatic N) is 1. The van der Waals surface area contributed by atoms with Crippen LogP contribution in [0.2, 0.25) is 0 Å². The molecule has 7 heteroatoms. The van der Waals surface area contributed by atoms with E-state index in [0.29, 0.717) is 12.0 Å². The number of hydrogen-bond donors (Lipinski definition) is 1. The summed E-state index contributed by atoms with van der Waals surface area (Å²) < 4.78 is 11.2. The first-order valence-electron chi connectivity index (χ1n) is 6.38. The van der Waals surface area contributed by atoms with Crippen molar-refractivity contribution in [1.29, 1.82) is 0 Å². The Hall–Kier alpha value is -2.31.